The smallest absolute Gasteiger partial charge is 0.221 e. The van der Waals surface area contributed by atoms with Crippen molar-refractivity contribution in [3.63, 3.8) is 0 Å². The SMILES string of the molecule is O=C(CCNCc1cc(Br)ccc1F)NCc1cccnc1. The molecule has 2 aromatic rings. The number of nitrogens with zero attached hydrogens (tertiary/aromatic N) is 1. The largest absolute Gasteiger partial charge is 0.352 e. The molecule has 6 heteroatoms. The van der Waals surface area contributed by atoms with Crippen LogP contribution in [0.4, 0.5) is 4.39 Å². The van der Waals surface area contributed by atoms with Crippen molar-refractivity contribution in [1.82, 2.24) is 15.6 Å². The van der Waals surface area contributed by atoms with Crippen LogP contribution in [0.3, 0.4) is 0 Å². The summed E-state index contributed by atoms with van der Waals surface area (Å²) in [6.07, 6.45) is 3.75. The first-order valence-electron chi connectivity index (χ1n) is 6.95. The van der Waals surface area contributed by atoms with Gasteiger partial charge in [-0.05, 0) is 29.8 Å². The Morgan fingerprint density at radius 2 is 2.14 bits per heavy atom. The Balaban J connectivity index is 1.66. The lowest BCUT2D eigenvalue weighted by atomic mass is 10.2. The number of carbonyl (C=O) groups is 1. The highest BCUT2D eigenvalue weighted by molar-refractivity contribution is 9.10. The highest BCUT2D eigenvalue weighted by Crippen LogP contribution is 2.15. The van der Waals surface area contributed by atoms with E-state index in [9.17, 15) is 9.18 Å². The molecule has 0 unspecified atom stereocenters. The zero-order chi connectivity index (χ0) is 15.8. The van der Waals surface area contributed by atoms with Crippen molar-refractivity contribution in [2.45, 2.75) is 19.5 Å². The fourth-order valence-electron chi connectivity index (χ4n) is 1.90. The summed E-state index contributed by atoms with van der Waals surface area (Å²) in [4.78, 5) is 15.7. The van der Waals surface area contributed by atoms with Gasteiger partial charge in [0.15, 0.2) is 0 Å². The predicted molar refractivity (Wildman–Crippen MR) is 86.5 cm³/mol. The monoisotopic (exact) mass is 365 g/mol. The standard InChI is InChI=1S/C16H17BrFN3O/c17-14-3-4-15(18)13(8-14)11-20-7-5-16(22)21-10-12-2-1-6-19-9-12/h1-4,6,8-9,20H,5,7,10-11H2,(H,21,22). The maximum absolute atomic E-state index is 13.5. The second kappa shape index (κ2) is 8.60. The van der Waals surface area contributed by atoms with Crippen LogP contribution in [-0.2, 0) is 17.9 Å². The molecule has 0 aliphatic heterocycles. The molecule has 4 nitrogen and oxygen atoms in total. The van der Waals surface area contributed by atoms with Crippen molar-refractivity contribution < 1.29 is 9.18 Å². The number of amides is 1. The minimum absolute atomic E-state index is 0.0499. The first-order valence-corrected chi connectivity index (χ1v) is 7.74. The van der Waals surface area contributed by atoms with Crippen molar-refractivity contribution in [1.29, 1.82) is 0 Å². The fourth-order valence-corrected chi connectivity index (χ4v) is 2.30. The number of nitrogens with one attached hydrogen (secondary N) is 2. The number of pyridine rings is 1. The summed E-state index contributed by atoms with van der Waals surface area (Å²) < 4.78 is 14.4. The number of benzene rings is 1. The molecule has 1 aromatic heterocycles. The molecule has 1 aromatic carbocycles. The van der Waals surface area contributed by atoms with Crippen LogP contribution in [0.1, 0.15) is 17.5 Å². The molecule has 0 saturated heterocycles. The summed E-state index contributed by atoms with van der Waals surface area (Å²) in [5.74, 6) is -0.303. The van der Waals surface area contributed by atoms with Gasteiger partial charge in [-0.1, -0.05) is 22.0 Å². The molecule has 116 valence electrons. The van der Waals surface area contributed by atoms with Crippen LogP contribution in [0.15, 0.2) is 47.2 Å². The molecule has 0 aliphatic rings. The molecule has 1 heterocycles. The molecular weight excluding hydrogens is 349 g/mol. The Bertz CT molecular complexity index is 622. The van der Waals surface area contributed by atoms with Gasteiger partial charge in [0.1, 0.15) is 5.82 Å². The van der Waals surface area contributed by atoms with Gasteiger partial charge in [-0.2, -0.15) is 0 Å². The summed E-state index contributed by atoms with van der Waals surface area (Å²) >= 11 is 3.31. The zero-order valence-electron chi connectivity index (χ0n) is 12.0. The molecule has 0 fully saturated rings. The highest BCUT2D eigenvalue weighted by Gasteiger charge is 2.04. The maximum Gasteiger partial charge on any atom is 0.221 e. The van der Waals surface area contributed by atoms with E-state index in [0.29, 0.717) is 31.6 Å². The minimum Gasteiger partial charge on any atom is -0.352 e. The Morgan fingerprint density at radius 1 is 1.27 bits per heavy atom. The number of hydrogen-bond acceptors (Lipinski definition) is 3. The van der Waals surface area contributed by atoms with Crippen molar-refractivity contribution in [2.75, 3.05) is 6.54 Å². The third kappa shape index (κ3) is 5.54. The van der Waals surface area contributed by atoms with Crippen LogP contribution in [0.5, 0.6) is 0 Å². The van der Waals surface area contributed by atoms with Crippen LogP contribution in [0, 0.1) is 5.82 Å². The Morgan fingerprint density at radius 3 is 2.91 bits per heavy atom. The van der Waals surface area contributed by atoms with Crippen molar-refractivity contribution in [3.8, 4) is 0 Å². The third-order valence-electron chi connectivity index (χ3n) is 3.06. The van der Waals surface area contributed by atoms with Gasteiger partial charge in [-0.15, -0.1) is 0 Å². The van der Waals surface area contributed by atoms with Crippen LogP contribution in [0.2, 0.25) is 0 Å². The molecule has 22 heavy (non-hydrogen) atoms. The summed E-state index contributed by atoms with van der Waals surface area (Å²) in [6.45, 7) is 1.35. The van der Waals surface area contributed by atoms with E-state index >= 15 is 0 Å². The van der Waals surface area contributed by atoms with Gasteiger partial charge in [0, 0.05) is 48.5 Å². The minimum atomic E-state index is -0.253. The van der Waals surface area contributed by atoms with Crippen molar-refractivity contribution in [2.24, 2.45) is 0 Å². The Hall–Kier alpha value is -1.79. The van der Waals surface area contributed by atoms with E-state index < -0.39 is 0 Å². The molecule has 0 aliphatic carbocycles. The summed E-state index contributed by atoms with van der Waals surface area (Å²) in [5, 5.41) is 5.88. The maximum atomic E-state index is 13.5. The average molecular weight is 366 g/mol. The predicted octanol–water partition coefficient (Wildman–Crippen LogP) is 2.78. The molecule has 2 rings (SSSR count). The van der Waals surface area contributed by atoms with Gasteiger partial charge in [0.2, 0.25) is 5.91 Å². The molecule has 2 N–H and O–H groups in total. The quantitative estimate of drug-likeness (QED) is 0.741. The molecule has 0 saturated carbocycles. The van der Waals surface area contributed by atoms with Gasteiger partial charge >= 0.3 is 0 Å². The number of rotatable bonds is 7. The Kier molecular flexibility index (Phi) is 6.48. The second-order valence-corrected chi connectivity index (χ2v) is 5.72. The van der Waals surface area contributed by atoms with Crippen molar-refractivity contribution in [3.05, 3.63) is 64.1 Å². The molecule has 1 amide bonds. The summed E-state index contributed by atoms with van der Waals surface area (Å²) in [6, 6.07) is 8.54. The van der Waals surface area contributed by atoms with Crippen LogP contribution >= 0.6 is 15.9 Å². The number of aromatic nitrogens is 1. The highest BCUT2D eigenvalue weighted by atomic mass is 79.9. The van der Waals surface area contributed by atoms with E-state index in [2.05, 4.69) is 31.5 Å². The molecule has 0 bridgehead atoms. The van der Waals surface area contributed by atoms with Gasteiger partial charge in [0.25, 0.3) is 0 Å². The zero-order valence-corrected chi connectivity index (χ0v) is 13.6. The lowest BCUT2D eigenvalue weighted by Gasteiger charge is -2.07. The van der Waals surface area contributed by atoms with E-state index in [1.807, 2.05) is 12.1 Å². The number of halogens is 2. The van der Waals surface area contributed by atoms with Gasteiger partial charge in [0.05, 0.1) is 0 Å². The van der Waals surface area contributed by atoms with Crippen LogP contribution < -0.4 is 10.6 Å². The molecular formula is C16H17BrFN3O. The molecule has 0 atom stereocenters. The third-order valence-corrected chi connectivity index (χ3v) is 3.56. The van der Waals surface area contributed by atoms with Crippen LogP contribution in [0.25, 0.3) is 0 Å². The van der Waals surface area contributed by atoms with Crippen molar-refractivity contribution >= 4 is 21.8 Å². The topological polar surface area (TPSA) is 54.0 Å². The molecule has 0 radical (unpaired) electrons. The number of carbonyl (C=O) groups excluding carboxylic acids is 1. The van der Waals surface area contributed by atoms with E-state index in [1.54, 1.807) is 24.5 Å². The lowest BCUT2D eigenvalue weighted by molar-refractivity contribution is -0.121. The van der Waals surface area contributed by atoms with Gasteiger partial charge in [-0.25, -0.2) is 4.39 Å². The first-order chi connectivity index (χ1) is 10.6. The van der Waals surface area contributed by atoms with E-state index in [-0.39, 0.29) is 11.7 Å². The number of hydrogen-bond donors (Lipinski definition) is 2. The van der Waals surface area contributed by atoms with Gasteiger partial charge in [-0.3, -0.25) is 9.78 Å². The van der Waals surface area contributed by atoms with Gasteiger partial charge < -0.3 is 10.6 Å². The van der Waals surface area contributed by atoms with E-state index in [4.69, 9.17) is 0 Å². The van der Waals surface area contributed by atoms with E-state index in [0.717, 1.165) is 10.0 Å². The normalized spacial score (nSPS) is 10.5. The lowest BCUT2D eigenvalue weighted by Crippen LogP contribution is -2.27. The van der Waals surface area contributed by atoms with Crippen LogP contribution in [-0.4, -0.2) is 17.4 Å². The van der Waals surface area contributed by atoms with E-state index in [1.165, 1.54) is 6.07 Å². The summed E-state index contributed by atoms with van der Waals surface area (Å²) in [5.41, 5.74) is 1.53. The summed E-state index contributed by atoms with van der Waals surface area (Å²) in [7, 11) is 0. The fraction of sp³-hybridized carbons (Fsp3) is 0.250. The Labute approximate surface area is 137 Å². The average Bonchev–Trinajstić information content (AvgIpc) is 2.53. The second-order valence-electron chi connectivity index (χ2n) is 4.80. The first kappa shape index (κ1) is 16.6. The molecule has 0 spiro atoms.